The first-order valence-corrected chi connectivity index (χ1v) is 3.45. The second-order valence-corrected chi connectivity index (χ2v) is 2.86. The van der Waals surface area contributed by atoms with Gasteiger partial charge in [-0.1, -0.05) is 11.3 Å². The number of amides is 1. The van der Waals surface area contributed by atoms with E-state index in [9.17, 15) is 4.79 Å². The minimum absolute atomic E-state index is 0.381. The van der Waals surface area contributed by atoms with E-state index in [1.807, 2.05) is 0 Å². The van der Waals surface area contributed by atoms with Crippen LogP contribution in [0, 0.1) is 6.92 Å². The Kier molecular flexibility index (Phi) is 1.58. The van der Waals surface area contributed by atoms with Gasteiger partial charge in [0.25, 0.3) is 5.91 Å². The summed E-state index contributed by atoms with van der Waals surface area (Å²) < 4.78 is 0. The summed E-state index contributed by atoms with van der Waals surface area (Å²) in [7, 11) is 0. The Morgan fingerprint density at radius 1 is 1.70 bits per heavy atom. The van der Waals surface area contributed by atoms with Crippen molar-refractivity contribution in [1.29, 1.82) is 0 Å². The summed E-state index contributed by atoms with van der Waals surface area (Å²) in [5.74, 6) is -0.466. The first-order chi connectivity index (χ1) is 4.61. The quantitative estimate of drug-likeness (QED) is 0.608. The largest absolute Gasteiger partial charge is 0.375 e. The van der Waals surface area contributed by atoms with E-state index in [4.69, 9.17) is 11.5 Å². The number of hydrogen-bond donors (Lipinski definition) is 2. The Morgan fingerprint density at radius 2 is 2.30 bits per heavy atom. The van der Waals surface area contributed by atoms with Gasteiger partial charge in [0.05, 0.1) is 5.69 Å². The summed E-state index contributed by atoms with van der Waals surface area (Å²) >= 11 is 1.11. The number of carbonyl (C=O) groups is 1. The van der Waals surface area contributed by atoms with Crippen molar-refractivity contribution in [3.05, 3.63) is 10.6 Å². The van der Waals surface area contributed by atoms with Crippen molar-refractivity contribution in [3.63, 3.8) is 0 Å². The molecular weight excluding hydrogens is 150 g/mol. The number of nitrogens with two attached hydrogens (primary N) is 2. The molecule has 0 saturated heterocycles. The van der Waals surface area contributed by atoms with E-state index in [0.29, 0.717) is 15.7 Å². The molecule has 54 valence electrons. The summed E-state index contributed by atoms with van der Waals surface area (Å²) in [6.07, 6.45) is 0. The molecular formula is C5H7N3OS. The molecule has 10 heavy (non-hydrogen) atoms. The number of aromatic nitrogens is 1. The SMILES string of the molecule is Cc1nc(N)sc1C(N)=O. The van der Waals surface area contributed by atoms with Crippen LogP contribution in [0.2, 0.25) is 0 Å². The molecule has 0 unspecified atom stereocenters. The monoisotopic (exact) mass is 157 g/mol. The third-order valence-electron chi connectivity index (χ3n) is 1.04. The lowest BCUT2D eigenvalue weighted by Gasteiger charge is -1.85. The Labute approximate surface area is 61.9 Å². The lowest BCUT2D eigenvalue weighted by Crippen LogP contribution is -2.09. The van der Waals surface area contributed by atoms with Crippen molar-refractivity contribution in [2.45, 2.75) is 6.92 Å². The zero-order valence-electron chi connectivity index (χ0n) is 5.42. The molecule has 0 atom stereocenters. The van der Waals surface area contributed by atoms with Gasteiger partial charge in [-0.3, -0.25) is 4.79 Å². The molecule has 1 aromatic rings. The number of nitrogen functional groups attached to an aromatic ring is 1. The first-order valence-electron chi connectivity index (χ1n) is 2.64. The van der Waals surface area contributed by atoms with Crippen LogP contribution in [0.5, 0.6) is 0 Å². The molecule has 5 heteroatoms. The second kappa shape index (κ2) is 2.26. The molecule has 0 bridgehead atoms. The Morgan fingerprint density at radius 3 is 2.50 bits per heavy atom. The number of nitrogens with zero attached hydrogens (tertiary/aromatic N) is 1. The Hall–Kier alpha value is -1.10. The highest BCUT2D eigenvalue weighted by Gasteiger charge is 2.09. The van der Waals surface area contributed by atoms with Crippen LogP contribution in [0.15, 0.2) is 0 Å². The molecule has 0 fully saturated rings. The molecule has 4 nitrogen and oxygen atoms in total. The van der Waals surface area contributed by atoms with E-state index in [-0.39, 0.29) is 0 Å². The number of thiazole rings is 1. The van der Waals surface area contributed by atoms with Gasteiger partial charge in [-0.2, -0.15) is 0 Å². The fraction of sp³-hybridized carbons (Fsp3) is 0.200. The molecule has 1 heterocycles. The van der Waals surface area contributed by atoms with Crippen molar-refractivity contribution in [1.82, 2.24) is 4.98 Å². The third-order valence-corrected chi connectivity index (χ3v) is 2.04. The van der Waals surface area contributed by atoms with E-state index in [1.165, 1.54) is 0 Å². The smallest absolute Gasteiger partial charge is 0.260 e. The van der Waals surface area contributed by atoms with Crippen molar-refractivity contribution in [2.24, 2.45) is 5.73 Å². The number of rotatable bonds is 1. The molecule has 0 saturated carbocycles. The van der Waals surface area contributed by atoms with E-state index in [1.54, 1.807) is 6.92 Å². The van der Waals surface area contributed by atoms with Crippen LogP contribution in [0.25, 0.3) is 0 Å². The Balaban J connectivity index is 3.15. The lowest BCUT2D eigenvalue weighted by atomic mass is 10.4. The van der Waals surface area contributed by atoms with Gasteiger partial charge in [0.15, 0.2) is 5.13 Å². The second-order valence-electron chi connectivity index (χ2n) is 1.83. The van der Waals surface area contributed by atoms with E-state index < -0.39 is 5.91 Å². The minimum atomic E-state index is -0.466. The van der Waals surface area contributed by atoms with Gasteiger partial charge in [0.1, 0.15) is 4.88 Å². The van der Waals surface area contributed by atoms with Gasteiger partial charge in [-0.25, -0.2) is 4.98 Å². The summed E-state index contributed by atoms with van der Waals surface area (Å²) in [5.41, 5.74) is 10.9. The van der Waals surface area contributed by atoms with Gasteiger partial charge in [-0.15, -0.1) is 0 Å². The zero-order chi connectivity index (χ0) is 7.72. The molecule has 0 aliphatic rings. The molecule has 0 aliphatic carbocycles. The highest BCUT2D eigenvalue weighted by Crippen LogP contribution is 2.18. The minimum Gasteiger partial charge on any atom is -0.375 e. The van der Waals surface area contributed by atoms with Crippen LogP contribution in [-0.2, 0) is 0 Å². The average molecular weight is 157 g/mol. The summed E-state index contributed by atoms with van der Waals surface area (Å²) in [6, 6.07) is 0. The van der Waals surface area contributed by atoms with Gasteiger partial charge in [0.2, 0.25) is 0 Å². The van der Waals surface area contributed by atoms with Crippen LogP contribution in [-0.4, -0.2) is 10.9 Å². The molecule has 0 aromatic carbocycles. The van der Waals surface area contributed by atoms with Crippen LogP contribution in [0.4, 0.5) is 5.13 Å². The van der Waals surface area contributed by atoms with Gasteiger partial charge in [0, 0.05) is 0 Å². The van der Waals surface area contributed by atoms with E-state index in [2.05, 4.69) is 4.98 Å². The lowest BCUT2D eigenvalue weighted by molar-refractivity contribution is 0.100. The molecule has 0 radical (unpaired) electrons. The van der Waals surface area contributed by atoms with Gasteiger partial charge >= 0.3 is 0 Å². The topological polar surface area (TPSA) is 82.0 Å². The third kappa shape index (κ3) is 1.08. The van der Waals surface area contributed by atoms with Crippen molar-refractivity contribution < 1.29 is 4.79 Å². The average Bonchev–Trinajstić information content (AvgIpc) is 2.10. The zero-order valence-corrected chi connectivity index (χ0v) is 6.23. The van der Waals surface area contributed by atoms with Crippen molar-refractivity contribution >= 4 is 22.4 Å². The maximum atomic E-state index is 10.6. The predicted molar refractivity (Wildman–Crippen MR) is 39.8 cm³/mol. The fourth-order valence-electron chi connectivity index (χ4n) is 0.646. The number of carbonyl (C=O) groups excluding carboxylic acids is 1. The van der Waals surface area contributed by atoms with Gasteiger partial charge in [-0.05, 0) is 6.92 Å². The van der Waals surface area contributed by atoms with Crippen LogP contribution in [0.1, 0.15) is 15.4 Å². The first kappa shape index (κ1) is 7.01. The molecule has 0 aliphatic heterocycles. The summed E-state index contributed by atoms with van der Waals surface area (Å²) in [5, 5.41) is 0.381. The summed E-state index contributed by atoms with van der Waals surface area (Å²) in [4.78, 5) is 14.8. The molecule has 1 amide bonds. The standard InChI is InChI=1S/C5H7N3OS/c1-2-3(4(6)9)10-5(7)8-2/h1H3,(H2,6,9)(H2,7,8). The highest BCUT2D eigenvalue weighted by atomic mass is 32.1. The molecule has 1 rings (SSSR count). The van der Waals surface area contributed by atoms with Gasteiger partial charge < -0.3 is 11.5 Å². The van der Waals surface area contributed by atoms with Crippen LogP contribution in [0.3, 0.4) is 0 Å². The normalized spacial score (nSPS) is 9.70. The maximum Gasteiger partial charge on any atom is 0.260 e. The Bertz CT molecular complexity index is 268. The number of aryl methyl sites for hydroxylation is 1. The highest BCUT2D eigenvalue weighted by molar-refractivity contribution is 7.17. The van der Waals surface area contributed by atoms with Crippen molar-refractivity contribution in [3.8, 4) is 0 Å². The molecule has 4 N–H and O–H groups in total. The molecule has 1 aromatic heterocycles. The maximum absolute atomic E-state index is 10.6. The van der Waals surface area contributed by atoms with Crippen LogP contribution < -0.4 is 11.5 Å². The number of hydrogen-bond acceptors (Lipinski definition) is 4. The molecule has 0 spiro atoms. The van der Waals surface area contributed by atoms with E-state index in [0.717, 1.165) is 11.3 Å². The van der Waals surface area contributed by atoms with Crippen molar-refractivity contribution in [2.75, 3.05) is 5.73 Å². The number of anilines is 1. The number of primary amides is 1. The fourth-order valence-corrected chi connectivity index (χ4v) is 1.33. The van der Waals surface area contributed by atoms with Crippen LogP contribution >= 0.6 is 11.3 Å². The summed E-state index contributed by atoms with van der Waals surface area (Å²) in [6.45, 7) is 1.70. The van der Waals surface area contributed by atoms with E-state index >= 15 is 0 Å². The predicted octanol–water partition coefficient (Wildman–Crippen LogP) is 0.133.